The lowest BCUT2D eigenvalue weighted by atomic mass is 9.99. The predicted octanol–water partition coefficient (Wildman–Crippen LogP) is 2.68. The van der Waals surface area contributed by atoms with E-state index in [1.54, 1.807) is 0 Å². The summed E-state index contributed by atoms with van der Waals surface area (Å²) in [4.78, 5) is 28.1. The molecule has 2 aliphatic rings. The minimum atomic E-state index is 0.0109. The number of piperazine rings is 1. The minimum absolute atomic E-state index is 0.0109. The third-order valence-electron chi connectivity index (χ3n) is 5.67. The molecule has 1 amide bonds. The van der Waals surface area contributed by atoms with Crippen LogP contribution in [-0.2, 0) is 0 Å². The number of anilines is 2. The molecule has 142 valence electrons. The van der Waals surface area contributed by atoms with E-state index < -0.39 is 0 Å². The van der Waals surface area contributed by atoms with Gasteiger partial charge in [-0.15, -0.1) is 0 Å². The Morgan fingerprint density at radius 1 is 0.926 bits per heavy atom. The van der Waals surface area contributed by atoms with Gasteiger partial charge in [-0.3, -0.25) is 4.79 Å². The van der Waals surface area contributed by atoms with Gasteiger partial charge in [-0.2, -0.15) is 0 Å². The maximum absolute atomic E-state index is 12.9. The Hall–Kier alpha value is -2.63. The Kier molecular flexibility index (Phi) is 5.23. The highest BCUT2D eigenvalue weighted by Crippen LogP contribution is 2.22. The standard InChI is InChI=1S/C21H27N5O/c1-17-7-9-25(10-8-17)20-15-19(22-16-23-20)21(27)26-13-11-24(12-14-26)18-5-3-2-4-6-18/h2-6,15-17H,7-14H2,1H3. The number of piperidine rings is 1. The summed E-state index contributed by atoms with van der Waals surface area (Å²) in [6.07, 6.45) is 3.88. The first-order chi connectivity index (χ1) is 13.2. The highest BCUT2D eigenvalue weighted by Gasteiger charge is 2.24. The summed E-state index contributed by atoms with van der Waals surface area (Å²) in [7, 11) is 0. The van der Waals surface area contributed by atoms with Crippen molar-refractivity contribution in [3.63, 3.8) is 0 Å². The number of nitrogens with zero attached hydrogens (tertiary/aromatic N) is 5. The number of hydrogen-bond donors (Lipinski definition) is 0. The fourth-order valence-electron chi connectivity index (χ4n) is 3.84. The fraction of sp³-hybridized carbons (Fsp3) is 0.476. The molecule has 3 heterocycles. The van der Waals surface area contributed by atoms with Crippen molar-refractivity contribution in [1.29, 1.82) is 0 Å². The summed E-state index contributed by atoms with van der Waals surface area (Å²) in [6.45, 7) is 7.42. The van der Waals surface area contributed by atoms with Crippen LogP contribution in [0.1, 0.15) is 30.3 Å². The van der Waals surface area contributed by atoms with E-state index in [2.05, 4.69) is 51.0 Å². The van der Waals surface area contributed by atoms with Crippen molar-refractivity contribution in [3.8, 4) is 0 Å². The molecule has 0 spiro atoms. The van der Waals surface area contributed by atoms with Crippen LogP contribution in [0.5, 0.6) is 0 Å². The number of aromatic nitrogens is 2. The average molecular weight is 365 g/mol. The molecule has 2 aromatic rings. The number of rotatable bonds is 3. The van der Waals surface area contributed by atoms with Gasteiger partial charge in [0.1, 0.15) is 17.8 Å². The van der Waals surface area contributed by atoms with Crippen LogP contribution >= 0.6 is 0 Å². The molecular weight excluding hydrogens is 338 g/mol. The summed E-state index contributed by atoms with van der Waals surface area (Å²) in [5.41, 5.74) is 1.72. The van der Waals surface area contributed by atoms with Crippen molar-refractivity contribution in [1.82, 2.24) is 14.9 Å². The van der Waals surface area contributed by atoms with Crippen LogP contribution in [0.2, 0.25) is 0 Å². The number of benzene rings is 1. The van der Waals surface area contributed by atoms with E-state index in [1.807, 2.05) is 17.0 Å². The molecule has 1 aromatic carbocycles. The summed E-state index contributed by atoms with van der Waals surface area (Å²) in [5.74, 6) is 1.66. The molecule has 2 saturated heterocycles. The number of carbonyl (C=O) groups is 1. The normalized spacial score (nSPS) is 18.6. The first-order valence-corrected chi connectivity index (χ1v) is 9.87. The number of para-hydroxylation sites is 1. The van der Waals surface area contributed by atoms with E-state index in [0.29, 0.717) is 18.8 Å². The average Bonchev–Trinajstić information content (AvgIpc) is 2.75. The molecule has 2 aliphatic heterocycles. The third kappa shape index (κ3) is 4.04. The zero-order chi connectivity index (χ0) is 18.6. The Bertz CT molecular complexity index is 765. The summed E-state index contributed by atoms with van der Waals surface area (Å²) >= 11 is 0. The van der Waals surface area contributed by atoms with E-state index in [0.717, 1.165) is 37.9 Å². The van der Waals surface area contributed by atoms with Gasteiger partial charge in [0, 0.05) is 51.0 Å². The lowest BCUT2D eigenvalue weighted by Crippen LogP contribution is -2.49. The fourth-order valence-corrected chi connectivity index (χ4v) is 3.84. The molecule has 6 heteroatoms. The lowest BCUT2D eigenvalue weighted by molar-refractivity contribution is 0.0740. The Morgan fingerprint density at radius 2 is 1.63 bits per heavy atom. The van der Waals surface area contributed by atoms with Crippen molar-refractivity contribution in [2.24, 2.45) is 5.92 Å². The van der Waals surface area contributed by atoms with Crippen LogP contribution in [0.25, 0.3) is 0 Å². The van der Waals surface area contributed by atoms with Gasteiger partial charge in [-0.25, -0.2) is 9.97 Å². The van der Waals surface area contributed by atoms with Crippen molar-refractivity contribution in [3.05, 3.63) is 48.4 Å². The maximum atomic E-state index is 12.9. The molecule has 4 rings (SSSR count). The highest BCUT2D eigenvalue weighted by molar-refractivity contribution is 5.93. The molecule has 0 atom stereocenters. The minimum Gasteiger partial charge on any atom is -0.368 e. The van der Waals surface area contributed by atoms with E-state index in [1.165, 1.54) is 24.9 Å². The quantitative estimate of drug-likeness (QED) is 0.837. The van der Waals surface area contributed by atoms with Gasteiger partial charge < -0.3 is 14.7 Å². The zero-order valence-corrected chi connectivity index (χ0v) is 15.9. The van der Waals surface area contributed by atoms with Crippen LogP contribution in [0.15, 0.2) is 42.7 Å². The topological polar surface area (TPSA) is 52.6 Å². The van der Waals surface area contributed by atoms with Crippen LogP contribution in [0, 0.1) is 5.92 Å². The Morgan fingerprint density at radius 3 is 2.33 bits per heavy atom. The van der Waals surface area contributed by atoms with Gasteiger partial charge in [0.2, 0.25) is 0 Å². The highest BCUT2D eigenvalue weighted by atomic mass is 16.2. The molecule has 27 heavy (non-hydrogen) atoms. The lowest BCUT2D eigenvalue weighted by Gasteiger charge is -2.36. The molecule has 0 N–H and O–H groups in total. The van der Waals surface area contributed by atoms with Crippen molar-refractivity contribution >= 4 is 17.4 Å². The monoisotopic (exact) mass is 365 g/mol. The predicted molar refractivity (Wildman–Crippen MR) is 107 cm³/mol. The van der Waals surface area contributed by atoms with E-state index >= 15 is 0 Å². The maximum Gasteiger partial charge on any atom is 0.272 e. The summed E-state index contributed by atoms with van der Waals surface area (Å²) in [5, 5.41) is 0. The molecular formula is C21H27N5O. The van der Waals surface area contributed by atoms with Gasteiger partial charge in [0.25, 0.3) is 5.91 Å². The van der Waals surface area contributed by atoms with E-state index in [4.69, 9.17) is 0 Å². The van der Waals surface area contributed by atoms with Crippen molar-refractivity contribution in [2.45, 2.75) is 19.8 Å². The van der Waals surface area contributed by atoms with E-state index in [9.17, 15) is 4.79 Å². The summed E-state index contributed by atoms with van der Waals surface area (Å²) in [6, 6.07) is 12.2. The number of hydrogen-bond acceptors (Lipinski definition) is 5. The molecule has 0 bridgehead atoms. The van der Waals surface area contributed by atoms with Gasteiger partial charge >= 0.3 is 0 Å². The molecule has 0 aliphatic carbocycles. The van der Waals surface area contributed by atoms with Gasteiger partial charge in [0.15, 0.2) is 0 Å². The van der Waals surface area contributed by atoms with Gasteiger partial charge in [-0.05, 0) is 30.9 Å². The Labute approximate surface area is 160 Å². The van der Waals surface area contributed by atoms with Crippen LogP contribution in [0.3, 0.4) is 0 Å². The van der Waals surface area contributed by atoms with Gasteiger partial charge in [0.05, 0.1) is 0 Å². The zero-order valence-electron chi connectivity index (χ0n) is 15.9. The smallest absolute Gasteiger partial charge is 0.272 e. The second-order valence-corrected chi connectivity index (χ2v) is 7.55. The molecule has 0 radical (unpaired) electrons. The largest absolute Gasteiger partial charge is 0.368 e. The van der Waals surface area contributed by atoms with Crippen LogP contribution < -0.4 is 9.80 Å². The van der Waals surface area contributed by atoms with Crippen LogP contribution in [0.4, 0.5) is 11.5 Å². The van der Waals surface area contributed by atoms with Gasteiger partial charge in [-0.1, -0.05) is 25.1 Å². The molecule has 0 saturated carbocycles. The third-order valence-corrected chi connectivity index (χ3v) is 5.67. The first kappa shape index (κ1) is 17.8. The first-order valence-electron chi connectivity index (χ1n) is 9.87. The van der Waals surface area contributed by atoms with Crippen molar-refractivity contribution in [2.75, 3.05) is 49.1 Å². The van der Waals surface area contributed by atoms with Crippen molar-refractivity contribution < 1.29 is 4.79 Å². The SMILES string of the molecule is CC1CCN(c2cc(C(=O)N3CCN(c4ccccc4)CC3)ncn2)CC1. The molecule has 2 fully saturated rings. The number of carbonyl (C=O) groups excluding carboxylic acids is 1. The number of amides is 1. The molecule has 0 unspecified atom stereocenters. The molecule has 6 nitrogen and oxygen atoms in total. The second kappa shape index (κ2) is 7.94. The second-order valence-electron chi connectivity index (χ2n) is 7.55. The summed E-state index contributed by atoms with van der Waals surface area (Å²) < 4.78 is 0. The Balaban J connectivity index is 1.39. The van der Waals surface area contributed by atoms with Crippen LogP contribution in [-0.4, -0.2) is 60.0 Å². The molecule has 1 aromatic heterocycles. The van der Waals surface area contributed by atoms with E-state index in [-0.39, 0.29) is 5.91 Å².